The average molecular weight is 585 g/mol. The lowest BCUT2D eigenvalue weighted by molar-refractivity contribution is -0.158. The van der Waals surface area contributed by atoms with Crippen LogP contribution in [0.15, 0.2) is 77.2 Å². The Hall–Kier alpha value is -4.59. The van der Waals surface area contributed by atoms with Crippen molar-refractivity contribution in [3.05, 3.63) is 89.8 Å². The molecule has 0 aliphatic heterocycles. The highest BCUT2D eigenvalue weighted by atomic mass is 16.6. The van der Waals surface area contributed by atoms with Crippen molar-refractivity contribution in [1.82, 2.24) is 10.3 Å². The van der Waals surface area contributed by atoms with Crippen LogP contribution in [0.2, 0.25) is 0 Å². The van der Waals surface area contributed by atoms with Gasteiger partial charge in [-0.25, -0.2) is 9.78 Å². The van der Waals surface area contributed by atoms with Gasteiger partial charge in [0.05, 0.1) is 18.9 Å². The number of carbonyl (C=O) groups excluding carboxylic acids is 2. The predicted octanol–water partition coefficient (Wildman–Crippen LogP) is 7.19. The minimum absolute atomic E-state index is 0.0966. The largest absolute Gasteiger partial charge is 0.493 e. The van der Waals surface area contributed by atoms with Crippen LogP contribution >= 0.6 is 0 Å². The Labute approximate surface area is 253 Å². The van der Waals surface area contributed by atoms with Gasteiger partial charge < -0.3 is 23.9 Å². The highest BCUT2D eigenvalue weighted by molar-refractivity contribution is 5.95. The van der Waals surface area contributed by atoms with Gasteiger partial charge in [0.2, 0.25) is 5.89 Å². The summed E-state index contributed by atoms with van der Waals surface area (Å²) in [6, 6.07) is 22.7. The van der Waals surface area contributed by atoms with Gasteiger partial charge in [-0.2, -0.15) is 0 Å². The predicted molar refractivity (Wildman–Crippen MR) is 166 cm³/mol. The highest BCUT2D eigenvalue weighted by Crippen LogP contribution is 2.28. The summed E-state index contributed by atoms with van der Waals surface area (Å²) in [5.41, 5.74) is 2.91. The normalized spacial score (nSPS) is 11.6. The summed E-state index contributed by atoms with van der Waals surface area (Å²) in [5, 5.41) is 2.99. The molecule has 4 rings (SSSR count). The van der Waals surface area contributed by atoms with Crippen LogP contribution < -0.4 is 14.8 Å². The molecular formula is C35H40N2O6. The molecule has 3 aromatic carbocycles. The Kier molecular flexibility index (Phi) is 9.59. The number of aromatic nitrogens is 1. The molecule has 1 N–H and O–H groups in total. The van der Waals surface area contributed by atoms with Crippen molar-refractivity contribution in [2.75, 3.05) is 13.2 Å². The van der Waals surface area contributed by atoms with Gasteiger partial charge in [0.1, 0.15) is 17.3 Å². The molecule has 0 bridgehead atoms. The van der Waals surface area contributed by atoms with E-state index in [1.807, 2.05) is 76.2 Å². The van der Waals surface area contributed by atoms with Crippen LogP contribution in [0.3, 0.4) is 0 Å². The first-order valence-electron chi connectivity index (χ1n) is 14.4. The smallest absolute Gasteiger partial charge is 0.349 e. The fourth-order valence-electron chi connectivity index (χ4n) is 4.35. The number of nitrogens with one attached hydrogen (secondary N) is 1. The van der Waals surface area contributed by atoms with E-state index in [9.17, 15) is 9.59 Å². The standard InChI is InChI=1S/C35H40N2O6/c1-8-40-33(39)35(6,7)43-29-18-16-28(17-19-29)41-21-20-30-23(2)42-32(36-30)27-11-9-10-26(22-27)24-12-14-25(15-13-24)31(38)37-34(3,4)5/h9-19,22H,8,20-21H2,1-7H3,(H,37,38). The number of ether oxygens (including phenoxy) is 3. The number of nitrogens with zero attached hydrogens (tertiary/aromatic N) is 1. The molecule has 0 aliphatic rings. The second-order valence-corrected chi connectivity index (χ2v) is 11.8. The van der Waals surface area contributed by atoms with Gasteiger partial charge in [-0.05, 0) is 108 Å². The second-order valence-electron chi connectivity index (χ2n) is 11.8. The lowest BCUT2D eigenvalue weighted by atomic mass is 10.0. The molecule has 0 saturated heterocycles. The van der Waals surface area contributed by atoms with Gasteiger partial charge >= 0.3 is 5.97 Å². The first kappa shape index (κ1) is 31.3. The van der Waals surface area contributed by atoms with E-state index in [2.05, 4.69) is 5.32 Å². The summed E-state index contributed by atoms with van der Waals surface area (Å²) in [7, 11) is 0. The number of rotatable bonds is 11. The summed E-state index contributed by atoms with van der Waals surface area (Å²) in [6.07, 6.45) is 0.571. The summed E-state index contributed by atoms with van der Waals surface area (Å²) in [5.74, 6) is 1.99. The number of oxazole rings is 1. The zero-order valence-corrected chi connectivity index (χ0v) is 25.9. The maximum absolute atomic E-state index is 12.5. The quantitative estimate of drug-likeness (QED) is 0.186. The first-order valence-corrected chi connectivity index (χ1v) is 14.4. The van der Waals surface area contributed by atoms with Crippen molar-refractivity contribution >= 4 is 11.9 Å². The number of amides is 1. The number of hydrogen-bond acceptors (Lipinski definition) is 7. The van der Waals surface area contributed by atoms with E-state index in [0.717, 1.165) is 28.1 Å². The molecule has 1 amide bonds. The molecule has 0 atom stereocenters. The van der Waals surface area contributed by atoms with Crippen LogP contribution in [0.5, 0.6) is 11.5 Å². The Morgan fingerprint density at radius 3 is 2.16 bits per heavy atom. The molecule has 4 aromatic rings. The van der Waals surface area contributed by atoms with E-state index in [1.54, 1.807) is 45.0 Å². The van der Waals surface area contributed by atoms with Gasteiger partial charge in [0.25, 0.3) is 5.91 Å². The van der Waals surface area contributed by atoms with Crippen LogP contribution in [0.4, 0.5) is 0 Å². The van der Waals surface area contributed by atoms with E-state index in [0.29, 0.717) is 42.6 Å². The van der Waals surface area contributed by atoms with Crippen LogP contribution in [0.25, 0.3) is 22.6 Å². The minimum Gasteiger partial charge on any atom is -0.493 e. The third-order valence-electron chi connectivity index (χ3n) is 6.54. The van der Waals surface area contributed by atoms with E-state index in [1.165, 1.54) is 0 Å². The lowest BCUT2D eigenvalue weighted by Gasteiger charge is -2.24. The van der Waals surface area contributed by atoms with Crippen LogP contribution in [0, 0.1) is 6.92 Å². The van der Waals surface area contributed by atoms with Crippen molar-refractivity contribution < 1.29 is 28.2 Å². The molecule has 0 radical (unpaired) electrons. The van der Waals surface area contributed by atoms with Gasteiger partial charge in [-0.3, -0.25) is 4.79 Å². The van der Waals surface area contributed by atoms with Gasteiger partial charge in [-0.1, -0.05) is 24.3 Å². The molecule has 8 heteroatoms. The van der Waals surface area contributed by atoms with Crippen LogP contribution in [-0.4, -0.2) is 41.2 Å². The van der Waals surface area contributed by atoms with E-state index < -0.39 is 11.6 Å². The average Bonchev–Trinajstić information content (AvgIpc) is 3.33. The first-order chi connectivity index (χ1) is 20.3. The molecule has 0 saturated carbocycles. The van der Waals surface area contributed by atoms with Crippen molar-refractivity contribution in [1.29, 1.82) is 0 Å². The molecule has 0 aliphatic carbocycles. The highest BCUT2D eigenvalue weighted by Gasteiger charge is 2.31. The van der Waals surface area contributed by atoms with Gasteiger partial charge in [-0.15, -0.1) is 0 Å². The molecule has 1 heterocycles. The molecule has 8 nitrogen and oxygen atoms in total. The SMILES string of the molecule is CCOC(=O)C(C)(C)Oc1ccc(OCCc2nc(-c3cccc(-c4ccc(C(=O)NC(C)(C)C)cc4)c3)oc2C)cc1. The van der Waals surface area contributed by atoms with Crippen molar-refractivity contribution in [2.24, 2.45) is 0 Å². The molecule has 43 heavy (non-hydrogen) atoms. The maximum atomic E-state index is 12.5. The summed E-state index contributed by atoms with van der Waals surface area (Å²) < 4.78 is 22.8. The molecule has 0 fully saturated rings. The van der Waals surface area contributed by atoms with Crippen molar-refractivity contribution in [3.8, 4) is 34.1 Å². The fraction of sp³-hybridized carbons (Fsp3) is 0.343. The van der Waals surface area contributed by atoms with Gasteiger partial charge in [0, 0.05) is 23.1 Å². The van der Waals surface area contributed by atoms with E-state index in [-0.39, 0.29) is 11.4 Å². The Bertz CT molecular complexity index is 1550. The molecular weight excluding hydrogens is 544 g/mol. The summed E-state index contributed by atoms with van der Waals surface area (Å²) in [4.78, 5) is 29.3. The van der Waals surface area contributed by atoms with Crippen molar-refractivity contribution in [2.45, 2.75) is 66.0 Å². The molecule has 0 unspecified atom stereocenters. The monoisotopic (exact) mass is 584 g/mol. The van der Waals surface area contributed by atoms with E-state index >= 15 is 0 Å². The third kappa shape index (κ3) is 8.47. The zero-order chi connectivity index (χ0) is 31.2. The maximum Gasteiger partial charge on any atom is 0.349 e. The topological polar surface area (TPSA) is 99.9 Å². The fourth-order valence-corrected chi connectivity index (χ4v) is 4.35. The minimum atomic E-state index is -1.09. The Morgan fingerprint density at radius 1 is 0.860 bits per heavy atom. The lowest BCUT2D eigenvalue weighted by Crippen LogP contribution is -2.40. The summed E-state index contributed by atoms with van der Waals surface area (Å²) in [6.45, 7) is 13.6. The third-order valence-corrected chi connectivity index (χ3v) is 6.54. The number of esters is 1. The van der Waals surface area contributed by atoms with E-state index in [4.69, 9.17) is 23.6 Å². The van der Waals surface area contributed by atoms with Crippen molar-refractivity contribution in [3.63, 3.8) is 0 Å². The summed E-state index contributed by atoms with van der Waals surface area (Å²) >= 11 is 0. The van der Waals surface area contributed by atoms with Crippen LogP contribution in [0.1, 0.15) is 63.4 Å². The van der Waals surface area contributed by atoms with Crippen LogP contribution in [-0.2, 0) is 16.0 Å². The molecule has 1 aromatic heterocycles. The second kappa shape index (κ2) is 13.2. The van der Waals surface area contributed by atoms with Gasteiger partial charge in [0.15, 0.2) is 5.60 Å². The Balaban J connectivity index is 1.36. The zero-order valence-electron chi connectivity index (χ0n) is 25.9. The number of carbonyl (C=O) groups is 2. The number of aryl methyl sites for hydroxylation is 1. The molecule has 0 spiro atoms. The molecule has 226 valence electrons. The Morgan fingerprint density at radius 2 is 1.51 bits per heavy atom. The number of hydrogen-bond donors (Lipinski definition) is 1. The number of benzene rings is 3.